The first kappa shape index (κ1) is 13.9. The standard InChI is InChI=1S/C11H10N4O4S/c16-8(5-15-3-1-2-12-11(15)19)13-4-9-14-7(6-20-9)10(17)18/h1-3,6H,4-5H2,(H,13,16)(H,17,18). The van der Waals surface area contributed by atoms with Crippen molar-refractivity contribution in [3.05, 3.63) is 45.0 Å². The molecule has 2 aromatic rings. The van der Waals surface area contributed by atoms with Crippen LogP contribution in [0.5, 0.6) is 0 Å². The van der Waals surface area contributed by atoms with Gasteiger partial charge in [-0.3, -0.25) is 9.36 Å². The number of carboxylic acids is 1. The first-order valence-corrected chi connectivity index (χ1v) is 6.40. The summed E-state index contributed by atoms with van der Waals surface area (Å²) in [6.07, 6.45) is 2.81. The molecule has 0 aliphatic rings. The van der Waals surface area contributed by atoms with Gasteiger partial charge in [0.2, 0.25) is 5.91 Å². The third-order valence-electron chi connectivity index (χ3n) is 2.30. The summed E-state index contributed by atoms with van der Waals surface area (Å²) in [5.74, 6) is -1.49. The monoisotopic (exact) mass is 294 g/mol. The molecule has 0 aromatic carbocycles. The predicted octanol–water partition coefficient (Wildman–Crippen LogP) is -0.286. The normalized spacial score (nSPS) is 10.2. The topological polar surface area (TPSA) is 114 Å². The highest BCUT2D eigenvalue weighted by Crippen LogP contribution is 2.09. The number of aromatic carboxylic acids is 1. The average molecular weight is 294 g/mol. The van der Waals surface area contributed by atoms with Crippen LogP contribution in [0.2, 0.25) is 0 Å². The van der Waals surface area contributed by atoms with Crippen LogP contribution in [0, 0.1) is 0 Å². The molecule has 9 heteroatoms. The number of carbonyl (C=O) groups excluding carboxylic acids is 1. The molecule has 2 rings (SSSR count). The summed E-state index contributed by atoms with van der Waals surface area (Å²) in [4.78, 5) is 40.9. The van der Waals surface area contributed by atoms with Crippen LogP contribution in [0.1, 0.15) is 15.5 Å². The summed E-state index contributed by atoms with van der Waals surface area (Å²) in [7, 11) is 0. The molecule has 0 radical (unpaired) electrons. The van der Waals surface area contributed by atoms with E-state index in [2.05, 4.69) is 15.3 Å². The molecule has 0 atom stereocenters. The first-order chi connectivity index (χ1) is 9.56. The Morgan fingerprint density at radius 2 is 2.25 bits per heavy atom. The molecule has 2 aromatic heterocycles. The average Bonchev–Trinajstić information content (AvgIpc) is 2.88. The van der Waals surface area contributed by atoms with E-state index in [0.29, 0.717) is 5.01 Å². The quantitative estimate of drug-likeness (QED) is 0.783. The zero-order valence-electron chi connectivity index (χ0n) is 10.1. The van der Waals surface area contributed by atoms with Crippen molar-refractivity contribution >= 4 is 23.2 Å². The third kappa shape index (κ3) is 3.48. The van der Waals surface area contributed by atoms with E-state index < -0.39 is 11.7 Å². The van der Waals surface area contributed by atoms with Gasteiger partial charge in [-0.2, -0.15) is 0 Å². The zero-order chi connectivity index (χ0) is 14.5. The van der Waals surface area contributed by atoms with Crippen LogP contribution >= 0.6 is 11.3 Å². The summed E-state index contributed by atoms with van der Waals surface area (Å²) < 4.78 is 1.17. The van der Waals surface area contributed by atoms with E-state index in [-0.39, 0.29) is 24.7 Å². The van der Waals surface area contributed by atoms with Gasteiger partial charge in [-0.1, -0.05) is 0 Å². The molecule has 20 heavy (non-hydrogen) atoms. The van der Waals surface area contributed by atoms with Crippen LogP contribution in [-0.2, 0) is 17.9 Å². The van der Waals surface area contributed by atoms with Gasteiger partial charge in [-0.25, -0.2) is 19.6 Å². The number of nitrogens with one attached hydrogen (secondary N) is 1. The summed E-state index contributed by atoms with van der Waals surface area (Å²) in [5.41, 5.74) is -0.562. The molecule has 0 fully saturated rings. The zero-order valence-corrected chi connectivity index (χ0v) is 11.0. The predicted molar refractivity (Wildman–Crippen MR) is 69.4 cm³/mol. The Morgan fingerprint density at radius 1 is 1.45 bits per heavy atom. The number of aromatic nitrogens is 3. The number of hydrogen-bond donors (Lipinski definition) is 2. The molecule has 2 N–H and O–H groups in total. The molecule has 1 amide bonds. The maximum absolute atomic E-state index is 11.6. The Morgan fingerprint density at radius 3 is 2.90 bits per heavy atom. The minimum atomic E-state index is -1.11. The third-order valence-corrected chi connectivity index (χ3v) is 3.15. The number of amides is 1. The maximum Gasteiger partial charge on any atom is 0.355 e. The lowest BCUT2D eigenvalue weighted by Gasteiger charge is -2.04. The highest BCUT2D eigenvalue weighted by molar-refractivity contribution is 7.09. The lowest BCUT2D eigenvalue weighted by atomic mass is 10.5. The largest absolute Gasteiger partial charge is 0.476 e. The fourth-order valence-electron chi connectivity index (χ4n) is 1.38. The van der Waals surface area contributed by atoms with E-state index in [1.54, 1.807) is 6.07 Å². The Hall–Kier alpha value is -2.55. The van der Waals surface area contributed by atoms with Crippen molar-refractivity contribution in [2.24, 2.45) is 0 Å². The van der Waals surface area contributed by atoms with E-state index in [1.165, 1.54) is 22.3 Å². The van der Waals surface area contributed by atoms with Crippen molar-refractivity contribution in [2.45, 2.75) is 13.1 Å². The Kier molecular flexibility index (Phi) is 4.20. The van der Waals surface area contributed by atoms with Crippen LogP contribution in [-0.4, -0.2) is 31.5 Å². The maximum atomic E-state index is 11.6. The summed E-state index contributed by atoms with van der Waals surface area (Å²) in [6, 6.07) is 1.55. The van der Waals surface area contributed by atoms with Gasteiger partial charge in [0.05, 0.1) is 6.54 Å². The SMILES string of the molecule is O=C(Cn1cccnc1=O)NCc1nc(C(=O)O)cs1. The Balaban J connectivity index is 1.90. The van der Waals surface area contributed by atoms with Gasteiger partial charge in [0, 0.05) is 17.8 Å². The van der Waals surface area contributed by atoms with Crippen LogP contribution in [0.4, 0.5) is 0 Å². The van der Waals surface area contributed by atoms with E-state index in [4.69, 9.17) is 5.11 Å². The van der Waals surface area contributed by atoms with Gasteiger partial charge < -0.3 is 10.4 Å². The van der Waals surface area contributed by atoms with Crippen molar-refractivity contribution in [1.82, 2.24) is 19.9 Å². The van der Waals surface area contributed by atoms with Crippen molar-refractivity contribution in [2.75, 3.05) is 0 Å². The Bertz CT molecular complexity index is 693. The van der Waals surface area contributed by atoms with Gasteiger partial charge in [0.25, 0.3) is 0 Å². The second-order valence-corrected chi connectivity index (χ2v) is 4.68. The highest BCUT2D eigenvalue weighted by Gasteiger charge is 2.10. The number of carbonyl (C=O) groups is 2. The smallest absolute Gasteiger partial charge is 0.355 e. The molecule has 0 spiro atoms. The highest BCUT2D eigenvalue weighted by atomic mass is 32.1. The molecule has 104 valence electrons. The molecule has 0 aliphatic heterocycles. The van der Waals surface area contributed by atoms with Gasteiger partial charge in [-0.15, -0.1) is 11.3 Å². The minimum Gasteiger partial charge on any atom is -0.476 e. The molecule has 8 nitrogen and oxygen atoms in total. The lowest BCUT2D eigenvalue weighted by Crippen LogP contribution is -2.32. The molecule has 0 aliphatic carbocycles. The number of carboxylic acid groups (broad SMARTS) is 1. The second-order valence-electron chi connectivity index (χ2n) is 3.74. The molecular formula is C11H10N4O4S. The van der Waals surface area contributed by atoms with Crippen LogP contribution in [0.25, 0.3) is 0 Å². The fraction of sp³-hybridized carbons (Fsp3) is 0.182. The molecular weight excluding hydrogens is 284 g/mol. The first-order valence-electron chi connectivity index (χ1n) is 5.52. The molecule has 0 bridgehead atoms. The number of thiazole rings is 1. The van der Waals surface area contributed by atoms with Crippen molar-refractivity contribution < 1.29 is 14.7 Å². The van der Waals surface area contributed by atoms with Gasteiger partial charge >= 0.3 is 11.7 Å². The van der Waals surface area contributed by atoms with Crippen molar-refractivity contribution in [3.63, 3.8) is 0 Å². The summed E-state index contributed by atoms with van der Waals surface area (Å²) in [6.45, 7) is -0.0321. The van der Waals surface area contributed by atoms with E-state index in [1.807, 2.05) is 0 Å². The van der Waals surface area contributed by atoms with E-state index in [9.17, 15) is 14.4 Å². The second kappa shape index (κ2) is 6.06. The van der Waals surface area contributed by atoms with Crippen molar-refractivity contribution in [3.8, 4) is 0 Å². The molecule has 2 heterocycles. The minimum absolute atomic E-state index is 0.0530. The van der Waals surface area contributed by atoms with Gasteiger partial charge in [-0.05, 0) is 6.07 Å². The number of hydrogen-bond acceptors (Lipinski definition) is 6. The Labute approximate surface area is 116 Å². The summed E-state index contributed by atoms with van der Waals surface area (Å²) in [5, 5.41) is 13.1. The van der Waals surface area contributed by atoms with Crippen LogP contribution in [0.3, 0.4) is 0 Å². The van der Waals surface area contributed by atoms with Crippen LogP contribution < -0.4 is 11.0 Å². The summed E-state index contributed by atoms with van der Waals surface area (Å²) >= 11 is 1.14. The molecule has 0 saturated heterocycles. The van der Waals surface area contributed by atoms with Crippen LogP contribution in [0.15, 0.2) is 28.6 Å². The lowest BCUT2D eigenvalue weighted by molar-refractivity contribution is -0.121. The number of nitrogens with zero attached hydrogens (tertiary/aromatic N) is 3. The number of rotatable bonds is 5. The van der Waals surface area contributed by atoms with Gasteiger partial charge in [0.15, 0.2) is 5.69 Å². The molecule has 0 unspecified atom stereocenters. The van der Waals surface area contributed by atoms with Gasteiger partial charge in [0.1, 0.15) is 11.6 Å². The van der Waals surface area contributed by atoms with E-state index in [0.717, 1.165) is 11.3 Å². The van der Waals surface area contributed by atoms with E-state index >= 15 is 0 Å². The fourth-order valence-corrected chi connectivity index (χ4v) is 2.09. The van der Waals surface area contributed by atoms with Crippen molar-refractivity contribution in [1.29, 1.82) is 0 Å². The molecule has 0 saturated carbocycles.